The number of para-hydroxylation sites is 1. The van der Waals surface area contributed by atoms with E-state index in [1.165, 1.54) is 0 Å². The fourth-order valence-corrected chi connectivity index (χ4v) is 3.44. The highest BCUT2D eigenvalue weighted by atomic mass is 16.5. The second-order valence-electron chi connectivity index (χ2n) is 6.07. The van der Waals surface area contributed by atoms with Gasteiger partial charge in [-0.2, -0.15) is 0 Å². The summed E-state index contributed by atoms with van der Waals surface area (Å²) in [6.07, 6.45) is 5.20. The maximum Gasteiger partial charge on any atom is 0.228 e. The fraction of sp³-hybridized carbons (Fsp3) is 0.588. The van der Waals surface area contributed by atoms with E-state index in [1.807, 2.05) is 31.3 Å². The summed E-state index contributed by atoms with van der Waals surface area (Å²) in [5.74, 6) is 0.971. The number of carbonyl (C=O) groups is 1. The van der Waals surface area contributed by atoms with Crippen LogP contribution in [0.15, 0.2) is 24.3 Å². The van der Waals surface area contributed by atoms with Gasteiger partial charge in [-0.15, -0.1) is 0 Å². The molecule has 1 atom stereocenters. The zero-order valence-corrected chi connectivity index (χ0v) is 12.6. The molecule has 3 rings (SSSR count). The summed E-state index contributed by atoms with van der Waals surface area (Å²) in [6, 6.07) is 8.84. The molecule has 0 bridgehead atoms. The van der Waals surface area contributed by atoms with E-state index in [1.54, 1.807) is 0 Å². The predicted molar refractivity (Wildman–Crippen MR) is 82.5 cm³/mol. The molecule has 21 heavy (non-hydrogen) atoms. The lowest BCUT2D eigenvalue weighted by atomic mass is 9.89. The largest absolute Gasteiger partial charge is 0.493 e. The van der Waals surface area contributed by atoms with Gasteiger partial charge in [-0.3, -0.25) is 4.79 Å². The smallest absolute Gasteiger partial charge is 0.228 e. The molecule has 1 unspecified atom stereocenters. The van der Waals surface area contributed by atoms with Gasteiger partial charge in [0.2, 0.25) is 5.91 Å². The molecule has 114 valence electrons. The zero-order valence-electron chi connectivity index (χ0n) is 12.6. The second-order valence-corrected chi connectivity index (χ2v) is 6.07. The minimum atomic E-state index is -0.0584. The van der Waals surface area contributed by atoms with Crippen LogP contribution in [0.3, 0.4) is 0 Å². The van der Waals surface area contributed by atoms with Crippen molar-refractivity contribution < 1.29 is 9.53 Å². The molecule has 1 amide bonds. The molecule has 0 saturated heterocycles. The Bertz CT molecular complexity index is 495. The molecule has 2 N–H and O–H groups in total. The first-order valence-corrected chi connectivity index (χ1v) is 7.97. The quantitative estimate of drug-likeness (QED) is 0.896. The lowest BCUT2D eigenvalue weighted by molar-refractivity contribution is -0.124. The normalized spacial score (nSPS) is 28.3. The van der Waals surface area contributed by atoms with E-state index in [9.17, 15) is 4.79 Å². The highest BCUT2D eigenvalue weighted by Crippen LogP contribution is 2.33. The third-order valence-electron chi connectivity index (χ3n) is 4.76. The van der Waals surface area contributed by atoms with Gasteiger partial charge in [0.05, 0.1) is 12.5 Å². The van der Waals surface area contributed by atoms with Gasteiger partial charge in [-0.25, -0.2) is 0 Å². The van der Waals surface area contributed by atoms with Crippen LogP contribution in [-0.2, 0) is 4.79 Å². The van der Waals surface area contributed by atoms with Crippen molar-refractivity contribution in [1.82, 2.24) is 10.6 Å². The van der Waals surface area contributed by atoms with E-state index >= 15 is 0 Å². The van der Waals surface area contributed by atoms with E-state index in [0.717, 1.165) is 43.4 Å². The van der Waals surface area contributed by atoms with Crippen molar-refractivity contribution in [2.45, 2.75) is 50.1 Å². The molecule has 1 aromatic carbocycles. The topological polar surface area (TPSA) is 50.4 Å². The minimum absolute atomic E-state index is 0.0584. The minimum Gasteiger partial charge on any atom is -0.493 e. The average Bonchev–Trinajstić information content (AvgIpc) is 2.55. The molecule has 4 heteroatoms. The molecule has 2 aliphatic rings. The van der Waals surface area contributed by atoms with E-state index in [4.69, 9.17) is 4.74 Å². The van der Waals surface area contributed by atoms with E-state index in [0.29, 0.717) is 18.7 Å². The van der Waals surface area contributed by atoms with Crippen LogP contribution in [0.1, 0.15) is 43.6 Å². The van der Waals surface area contributed by atoms with Crippen molar-refractivity contribution >= 4 is 5.91 Å². The van der Waals surface area contributed by atoms with Crippen LogP contribution in [0.2, 0.25) is 0 Å². The van der Waals surface area contributed by atoms with Crippen LogP contribution in [0.5, 0.6) is 5.75 Å². The summed E-state index contributed by atoms with van der Waals surface area (Å²) in [5.41, 5.74) is 1.03. The summed E-state index contributed by atoms with van der Waals surface area (Å²) in [7, 11) is 2.02. The molecule has 1 saturated carbocycles. The van der Waals surface area contributed by atoms with Gasteiger partial charge in [0.1, 0.15) is 5.75 Å². The number of nitrogens with one attached hydrogen (secondary N) is 2. The third kappa shape index (κ3) is 3.21. The molecule has 1 heterocycles. The standard InChI is InChI=1S/C17H24N2O2/c1-18-12-6-8-13(9-7-12)19-17(20)15-10-11-21-16-5-3-2-4-14(15)16/h2-5,12-13,15,18H,6-11H2,1H3,(H,19,20). The Hall–Kier alpha value is -1.55. The van der Waals surface area contributed by atoms with Gasteiger partial charge >= 0.3 is 0 Å². The van der Waals surface area contributed by atoms with Crippen molar-refractivity contribution in [3.63, 3.8) is 0 Å². The number of fused-ring (bicyclic) bond motifs is 1. The first-order valence-electron chi connectivity index (χ1n) is 7.97. The number of benzene rings is 1. The lowest BCUT2D eigenvalue weighted by Crippen LogP contribution is -2.43. The number of carbonyl (C=O) groups excluding carboxylic acids is 1. The maximum atomic E-state index is 12.6. The molecule has 1 aliphatic carbocycles. The second kappa shape index (κ2) is 6.48. The molecule has 0 aromatic heterocycles. The molecular weight excluding hydrogens is 264 g/mol. The van der Waals surface area contributed by atoms with Crippen LogP contribution in [0.25, 0.3) is 0 Å². The molecule has 0 radical (unpaired) electrons. The maximum absolute atomic E-state index is 12.6. The number of rotatable bonds is 3. The highest BCUT2D eigenvalue weighted by Gasteiger charge is 2.29. The number of hydrogen-bond donors (Lipinski definition) is 2. The van der Waals surface area contributed by atoms with Gasteiger partial charge in [0.25, 0.3) is 0 Å². The summed E-state index contributed by atoms with van der Waals surface area (Å²) in [6.45, 7) is 0.627. The average molecular weight is 288 g/mol. The lowest BCUT2D eigenvalue weighted by Gasteiger charge is -2.31. The predicted octanol–water partition coefficient (Wildman–Crippen LogP) is 2.20. The first kappa shape index (κ1) is 14.4. The Morgan fingerprint density at radius 1 is 1.10 bits per heavy atom. The number of ether oxygens (including phenoxy) is 1. The molecule has 1 fully saturated rings. The summed E-state index contributed by atoms with van der Waals surface area (Å²) >= 11 is 0. The molecular formula is C17H24N2O2. The van der Waals surface area contributed by atoms with Crippen molar-refractivity contribution in [3.8, 4) is 5.75 Å². The summed E-state index contributed by atoms with van der Waals surface area (Å²) in [4.78, 5) is 12.6. The fourth-order valence-electron chi connectivity index (χ4n) is 3.44. The van der Waals surface area contributed by atoms with Crippen molar-refractivity contribution in [2.75, 3.05) is 13.7 Å². The SMILES string of the molecule is CNC1CCC(NC(=O)C2CCOc3ccccc32)CC1. The Balaban J connectivity index is 1.62. The van der Waals surface area contributed by atoms with Crippen LogP contribution in [-0.4, -0.2) is 31.6 Å². The van der Waals surface area contributed by atoms with Crippen LogP contribution >= 0.6 is 0 Å². The molecule has 1 aromatic rings. The van der Waals surface area contributed by atoms with Crippen molar-refractivity contribution in [3.05, 3.63) is 29.8 Å². The number of hydrogen-bond acceptors (Lipinski definition) is 3. The highest BCUT2D eigenvalue weighted by molar-refractivity contribution is 5.85. The van der Waals surface area contributed by atoms with Gasteiger partial charge in [-0.1, -0.05) is 18.2 Å². The van der Waals surface area contributed by atoms with Gasteiger partial charge < -0.3 is 15.4 Å². The van der Waals surface area contributed by atoms with Crippen LogP contribution in [0, 0.1) is 0 Å². The van der Waals surface area contributed by atoms with E-state index in [-0.39, 0.29) is 11.8 Å². The Kier molecular flexibility index (Phi) is 4.44. The third-order valence-corrected chi connectivity index (χ3v) is 4.76. The van der Waals surface area contributed by atoms with E-state index < -0.39 is 0 Å². The summed E-state index contributed by atoms with van der Waals surface area (Å²) in [5, 5.41) is 6.58. The molecule has 4 nitrogen and oxygen atoms in total. The van der Waals surface area contributed by atoms with Gasteiger partial charge in [0, 0.05) is 17.6 Å². The van der Waals surface area contributed by atoms with Gasteiger partial charge in [-0.05, 0) is 45.2 Å². The Morgan fingerprint density at radius 3 is 2.57 bits per heavy atom. The van der Waals surface area contributed by atoms with E-state index in [2.05, 4.69) is 10.6 Å². The summed E-state index contributed by atoms with van der Waals surface area (Å²) < 4.78 is 5.63. The number of amides is 1. The van der Waals surface area contributed by atoms with Crippen molar-refractivity contribution in [2.24, 2.45) is 0 Å². The van der Waals surface area contributed by atoms with Crippen molar-refractivity contribution in [1.29, 1.82) is 0 Å². The molecule has 0 spiro atoms. The Morgan fingerprint density at radius 2 is 1.81 bits per heavy atom. The van der Waals surface area contributed by atoms with Gasteiger partial charge in [0.15, 0.2) is 0 Å². The van der Waals surface area contributed by atoms with Crippen LogP contribution < -0.4 is 15.4 Å². The monoisotopic (exact) mass is 288 g/mol. The molecule has 1 aliphatic heterocycles. The van der Waals surface area contributed by atoms with Crippen LogP contribution in [0.4, 0.5) is 0 Å². The zero-order chi connectivity index (χ0) is 14.7. The first-order chi connectivity index (χ1) is 10.3. The Labute approximate surface area is 126 Å².